The summed E-state index contributed by atoms with van der Waals surface area (Å²) in [6, 6.07) is 25.1. The van der Waals surface area contributed by atoms with E-state index in [9.17, 15) is 4.79 Å². The number of nitrogens with one attached hydrogen (secondary N) is 3. The molecule has 148 valence electrons. The predicted molar refractivity (Wildman–Crippen MR) is 131 cm³/mol. The lowest BCUT2D eigenvalue weighted by molar-refractivity contribution is -0.115. The molecule has 0 aromatic heterocycles. The average molecular weight is 486 g/mol. The molecule has 0 heterocycles. The topological polar surface area (TPSA) is 53.2 Å². The zero-order valence-electron chi connectivity index (χ0n) is 15.7. The normalized spacial score (nSPS) is 11.4. The van der Waals surface area contributed by atoms with Crippen molar-refractivity contribution in [1.29, 1.82) is 0 Å². The summed E-state index contributed by atoms with van der Waals surface area (Å²) in [5, 5.41) is 9.53. The van der Waals surface area contributed by atoms with Gasteiger partial charge in [-0.15, -0.1) is 11.8 Å². The van der Waals surface area contributed by atoms with Gasteiger partial charge in [-0.1, -0.05) is 34.1 Å². The van der Waals surface area contributed by atoms with Gasteiger partial charge in [0.1, 0.15) is 0 Å². The number of amides is 1. The molecule has 0 aliphatic carbocycles. The smallest absolute Gasteiger partial charge is 0.237 e. The third-order valence-electron chi connectivity index (χ3n) is 3.94. The van der Waals surface area contributed by atoms with Gasteiger partial charge in [0.05, 0.1) is 5.25 Å². The Kier molecular flexibility index (Phi) is 7.69. The monoisotopic (exact) mass is 485 g/mol. The highest BCUT2D eigenvalue weighted by molar-refractivity contribution is 9.10. The van der Waals surface area contributed by atoms with E-state index in [4.69, 9.17) is 12.2 Å². The van der Waals surface area contributed by atoms with Crippen molar-refractivity contribution in [3.8, 4) is 0 Å². The molecule has 3 rings (SSSR count). The van der Waals surface area contributed by atoms with Crippen LogP contribution in [-0.2, 0) is 4.79 Å². The summed E-state index contributed by atoms with van der Waals surface area (Å²) in [6.45, 7) is 1.89. The highest BCUT2D eigenvalue weighted by atomic mass is 79.9. The zero-order valence-corrected chi connectivity index (χ0v) is 18.9. The molecule has 1 unspecified atom stereocenters. The Morgan fingerprint density at radius 2 is 1.34 bits per heavy atom. The molecule has 1 atom stereocenters. The summed E-state index contributed by atoms with van der Waals surface area (Å²) in [5.74, 6) is -0.0345. The molecule has 0 aliphatic heterocycles. The van der Waals surface area contributed by atoms with Gasteiger partial charge in [-0.25, -0.2) is 0 Å². The average Bonchev–Trinajstić information content (AvgIpc) is 2.72. The zero-order chi connectivity index (χ0) is 20.6. The molecule has 0 radical (unpaired) electrons. The van der Waals surface area contributed by atoms with Gasteiger partial charge in [-0.2, -0.15) is 0 Å². The predicted octanol–water partition coefficient (Wildman–Crippen LogP) is 6.38. The van der Waals surface area contributed by atoms with E-state index in [0.717, 1.165) is 26.4 Å². The number of anilines is 3. The van der Waals surface area contributed by atoms with Gasteiger partial charge in [0.25, 0.3) is 0 Å². The van der Waals surface area contributed by atoms with Crippen LogP contribution < -0.4 is 16.0 Å². The molecule has 0 bridgehead atoms. The van der Waals surface area contributed by atoms with Crippen molar-refractivity contribution in [3.05, 3.63) is 83.3 Å². The van der Waals surface area contributed by atoms with Gasteiger partial charge in [-0.05, 0) is 79.8 Å². The first-order valence-electron chi connectivity index (χ1n) is 8.96. The van der Waals surface area contributed by atoms with Crippen molar-refractivity contribution in [3.63, 3.8) is 0 Å². The second kappa shape index (κ2) is 10.4. The SMILES string of the molecule is CC(Sc1ccc(NC(=S)Nc2ccccc2)cc1)C(=O)Nc1ccc(Br)cc1. The molecular weight excluding hydrogens is 466 g/mol. The Balaban J connectivity index is 1.50. The lowest BCUT2D eigenvalue weighted by atomic mass is 10.3. The minimum atomic E-state index is -0.224. The highest BCUT2D eigenvalue weighted by Gasteiger charge is 2.14. The molecule has 3 N–H and O–H groups in total. The molecule has 7 heteroatoms. The largest absolute Gasteiger partial charge is 0.332 e. The number of carbonyl (C=O) groups is 1. The van der Waals surface area contributed by atoms with Crippen LogP contribution in [0.15, 0.2) is 88.2 Å². The summed E-state index contributed by atoms with van der Waals surface area (Å²) in [4.78, 5) is 13.4. The van der Waals surface area contributed by atoms with Gasteiger partial charge in [0, 0.05) is 26.4 Å². The third-order valence-corrected chi connectivity index (χ3v) is 5.78. The van der Waals surface area contributed by atoms with Crippen molar-refractivity contribution >= 4 is 68.0 Å². The summed E-state index contributed by atoms with van der Waals surface area (Å²) < 4.78 is 0.977. The van der Waals surface area contributed by atoms with E-state index in [0.29, 0.717) is 5.11 Å². The molecule has 0 spiro atoms. The highest BCUT2D eigenvalue weighted by Crippen LogP contribution is 2.26. The van der Waals surface area contributed by atoms with Crippen LogP contribution in [0.25, 0.3) is 0 Å². The van der Waals surface area contributed by atoms with Crippen LogP contribution in [0, 0.1) is 0 Å². The van der Waals surface area contributed by atoms with E-state index in [1.54, 1.807) is 0 Å². The van der Waals surface area contributed by atoms with Crippen molar-refractivity contribution in [1.82, 2.24) is 0 Å². The Labute approximate surface area is 188 Å². The number of rotatable bonds is 6. The van der Waals surface area contributed by atoms with Crippen molar-refractivity contribution < 1.29 is 4.79 Å². The number of benzene rings is 3. The number of halogens is 1. The molecule has 0 fully saturated rings. The summed E-state index contributed by atoms with van der Waals surface area (Å²) in [7, 11) is 0. The number of hydrogen-bond acceptors (Lipinski definition) is 3. The Morgan fingerprint density at radius 3 is 1.97 bits per heavy atom. The lowest BCUT2D eigenvalue weighted by Gasteiger charge is -2.13. The lowest BCUT2D eigenvalue weighted by Crippen LogP contribution is -2.22. The molecule has 29 heavy (non-hydrogen) atoms. The van der Waals surface area contributed by atoms with Crippen LogP contribution in [0.1, 0.15) is 6.92 Å². The van der Waals surface area contributed by atoms with Crippen LogP contribution in [0.5, 0.6) is 0 Å². The molecule has 0 saturated carbocycles. The molecule has 0 saturated heterocycles. The van der Waals surface area contributed by atoms with Gasteiger partial charge in [0.2, 0.25) is 5.91 Å². The fourth-order valence-electron chi connectivity index (χ4n) is 2.47. The number of para-hydroxylation sites is 1. The maximum absolute atomic E-state index is 12.4. The second-order valence-corrected chi connectivity index (χ2v) is 8.96. The minimum absolute atomic E-state index is 0.0345. The van der Waals surface area contributed by atoms with E-state index in [1.165, 1.54) is 11.8 Å². The minimum Gasteiger partial charge on any atom is -0.332 e. The van der Waals surface area contributed by atoms with Gasteiger partial charge >= 0.3 is 0 Å². The number of thiocarbonyl (C=S) groups is 1. The summed E-state index contributed by atoms with van der Waals surface area (Å²) >= 11 is 10.2. The van der Waals surface area contributed by atoms with E-state index in [1.807, 2.05) is 85.8 Å². The molecule has 4 nitrogen and oxygen atoms in total. The first-order valence-corrected chi connectivity index (χ1v) is 11.0. The van der Waals surface area contributed by atoms with Gasteiger partial charge < -0.3 is 16.0 Å². The molecule has 3 aromatic carbocycles. The summed E-state index contributed by atoms with van der Waals surface area (Å²) in [6.07, 6.45) is 0. The fraction of sp³-hybridized carbons (Fsp3) is 0.0909. The first-order chi connectivity index (χ1) is 14.0. The van der Waals surface area contributed by atoms with E-state index in [-0.39, 0.29) is 11.2 Å². The Morgan fingerprint density at radius 1 is 0.828 bits per heavy atom. The van der Waals surface area contributed by atoms with E-state index >= 15 is 0 Å². The summed E-state index contributed by atoms with van der Waals surface area (Å²) in [5.41, 5.74) is 2.60. The van der Waals surface area contributed by atoms with Crippen molar-refractivity contribution in [2.75, 3.05) is 16.0 Å². The number of hydrogen-bond donors (Lipinski definition) is 3. The van der Waals surface area contributed by atoms with Crippen LogP contribution in [0.4, 0.5) is 17.1 Å². The first kappa shape index (κ1) is 21.4. The van der Waals surface area contributed by atoms with Crippen LogP contribution >= 0.6 is 39.9 Å². The maximum atomic E-state index is 12.4. The Hall–Kier alpha value is -2.35. The van der Waals surface area contributed by atoms with E-state index in [2.05, 4.69) is 31.9 Å². The van der Waals surface area contributed by atoms with E-state index < -0.39 is 0 Å². The molecule has 3 aromatic rings. The number of carbonyl (C=O) groups excluding carboxylic acids is 1. The Bertz CT molecular complexity index is 964. The molecule has 0 aliphatic rings. The number of thioether (sulfide) groups is 1. The van der Waals surface area contributed by atoms with Crippen molar-refractivity contribution in [2.24, 2.45) is 0 Å². The second-order valence-electron chi connectivity index (χ2n) is 6.23. The standard InChI is InChI=1S/C22H20BrN3OS2/c1-15(21(27)24-18-9-7-16(23)8-10-18)29-20-13-11-19(12-14-20)26-22(28)25-17-5-3-2-4-6-17/h2-15H,1H3,(H,24,27)(H2,25,26,28). The molecular formula is C22H20BrN3OS2. The third kappa shape index (κ3) is 6.88. The van der Waals surface area contributed by atoms with Gasteiger partial charge in [0.15, 0.2) is 5.11 Å². The van der Waals surface area contributed by atoms with Crippen molar-refractivity contribution in [2.45, 2.75) is 17.1 Å². The van der Waals surface area contributed by atoms with Crippen LogP contribution in [-0.4, -0.2) is 16.3 Å². The quantitative estimate of drug-likeness (QED) is 0.279. The van der Waals surface area contributed by atoms with Crippen LogP contribution in [0.3, 0.4) is 0 Å². The van der Waals surface area contributed by atoms with Gasteiger partial charge in [-0.3, -0.25) is 4.79 Å². The fourth-order valence-corrected chi connectivity index (χ4v) is 3.83. The van der Waals surface area contributed by atoms with Crippen LogP contribution in [0.2, 0.25) is 0 Å². The maximum Gasteiger partial charge on any atom is 0.237 e. The molecule has 1 amide bonds.